The monoisotopic (exact) mass is 475 g/mol. The molecule has 0 bridgehead atoms. The summed E-state index contributed by atoms with van der Waals surface area (Å²) in [6.45, 7) is 1.84. The van der Waals surface area contributed by atoms with Crippen molar-refractivity contribution in [2.24, 2.45) is 5.10 Å². The number of halogens is 1. The predicted octanol–water partition coefficient (Wildman–Crippen LogP) is 7.38. The topological polar surface area (TPSA) is 54.4 Å². The van der Waals surface area contributed by atoms with Crippen LogP contribution in [-0.4, -0.2) is 16.6 Å². The molecule has 0 aliphatic carbocycles. The first-order chi connectivity index (χ1) is 17.1. The van der Waals surface area contributed by atoms with E-state index in [0.29, 0.717) is 16.3 Å². The molecule has 5 heteroatoms. The van der Waals surface area contributed by atoms with E-state index in [2.05, 4.69) is 34.8 Å². The minimum Gasteiger partial charge on any atom is -0.267 e. The molecule has 1 amide bonds. The van der Waals surface area contributed by atoms with Crippen molar-refractivity contribution >= 4 is 34.1 Å². The summed E-state index contributed by atoms with van der Waals surface area (Å²) in [6.07, 6.45) is 0. The number of hydrogen-bond donors (Lipinski definition) is 1. The summed E-state index contributed by atoms with van der Waals surface area (Å²) in [7, 11) is 0. The highest BCUT2D eigenvalue weighted by Gasteiger charge is 2.14. The van der Waals surface area contributed by atoms with Gasteiger partial charge in [-0.05, 0) is 47.9 Å². The van der Waals surface area contributed by atoms with Crippen LogP contribution in [0.15, 0.2) is 114 Å². The van der Waals surface area contributed by atoms with Crippen molar-refractivity contribution in [3.63, 3.8) is 0 Å². The first-order valence-corrected chi connectivity index (χ1v) is 11.6. The molecule has 0 aliphatic heterocycles. The zero-order valence-electron chi connectivity index (χ0n) is 19.1. The van der Waals surface area contributed by atoms with Gasteiger partial charge in [0.2, 0.25) is 0 Å². The Bertz CT molecular complexity index is 1530. The summed E-state index contributed by atoms with van der Waals surface area (Å²) in [6, 6.07) is 35.2. The number of pyridine rings is 1. The molecule has 35 heavy (non-hydrogen) atoms. The summed E-state index contributed by atoms with van der Waals surface area (Å²) in [5.41, 5.74) is 9.48. The molecule has 0 fully saturated rings. The lowest BCUT2D eigenvalue weighted by atomic mass is 10.0. The Hall–Kier alpha value is -4.28. The fourth-order valence-corrected chi connectivity index (χ4v) is 4.05. The van der Waals surface area contributed by atoms with Gasteiger partial charge in [0.25, 0.3) is 5.91 Å². The second kappa shape index (κ2) is 9.92. The Labute approximate surface area is 208 Å². The number of rotatable bonds is 5. The Kier molecular flexibility index (Phi) is 6.38. The first-order valence-electron chi connectivity index (χ1n) is 11.2. The molecule has 0 aliphatic rings. The number of hydrogen-bond acceptors (Lipinski definition) is 3. The molecule has 1 N–H and O–H groups in total. The van der Waals surface area contributed by atoms with E-state index in [0.717, 1.165) is 38.9 Å². The zero-order chi connectivity index (χ0) is 24.2. The van der Waals surface area contributed by atoms with Gasteiger partial charge in [0.1, 0.15) is 0 Å². The van der Waals surface area contributed by atoms with Gasteiger partial charge < -0.3 is 0 Å². The third kappa shape index (κ3) is 4.98. The molecule has 0 saturated carbocycles. The molecule has 5 aromatic rings. The van der Waals surface area contributed by atoms with Crippen LogP contribution in [0.3, 0.4) is 0 Å². The van der Waals surface area contributed by atoms with Crippen LogP contribution in [0.5, 0.6) is 0 Å². The van der Waals surface area contributed by atoms with Gasteiger partial charge in [-0.2, -0.15) is 5.10 Å². The predicted molar refractivity (Wildman–Crippen MR) is 144 cm³/mol. The van der Waals surface area contributed by atoms with Gasteiger partial charge in [0, 0.05) is 16.0 Å². The van der Waals surface area contributed by atoms with Crippen molar-refractivity contribution in [2.45, 2.75) is 6.92 Å². The van der Waals surface area contributed by atoms with Gasteiger partial charge in [-0.25, -0.2) is 10.4 Å². The summed E-state index contributed by atoms with van der Waals surface area (Å²) in [4.78, 5) is 18.0. The molecule has 0 saturated heterocycles. The molecule has 0 unspecified atom stereocenters. The van der Waals surface area contributed by atoms with Crippen LogP contribution in [0, 0.1) is 0 Å². The molecule has 4 nitrogen and oxygen atoms in total. The highest BCUT2D eigenvalue weighted by Crippen LogP contribution is 2.27. The van der Waals surface area contributed by atoms with E-state index in [-0.39, 0.29) is 5.91 Å². The number of nitrogens with one attached hydrogen (secondary N) is 1. The number of carbonyl (C=O) groups excluding carboxylic acids is 1. The number of fused-ring (bicyclic) bond motifs is 1. The van der Waals surface area contributed by atoms with Crippen LogP contribution in [0.1, 0.15) is 22.8 Å². The molecule has 0 atom stereocenters. The smallest absolute Gasteiger partial charge is 0.267 e. The third-order valence-corrected chi connectivity index (χ3v) is 6.09. The number of carbonyl (C=O) groups is 1. The highest BCUT2D eigenvalue weighted by molar-refractivity contribution is 6.30. The number of aromatic nitrogens is 1. The molecular formula is C30H22ClN3O. The molecule has 0 radical (unpaired) electrons. The summed E-state index contributed by atoms with van der Waals surface area (Å²) < 4.78 is 0. The zero-order valence-corrected chi connectivity index (χ0v) is 19.8. The quantitative estimate of drug-likeness (QED) is 0.213. The van der Waals surface area contributed by atoms with E-state index < -0.39 is 0 Å². The maximum absolute atomic E-state index is 13.2. The molecule has 4 aromatic carbocycles. The molecule has 0 spiro atoms. The van der Waals surface area contributed by atoms with Crippen LogP contribution in [0.2, 0.25) is 5.02 Å². The molecule has 1 heterocycles. The minimum atomic E-state index is -0.293. The molecule has 5 rings (SSSR count). The minimum absolute atomic E-state index is 0.293. The Balaban J connectivity index is 1.47. The van der Waals surface area contributed by atoms with Crippen molar-refractivity contribution in [1.29, 1.82) is 0 Å². The average Bonchev–Trinajstić information content (AvgIpc) is 2.92. The van der Waals surface area contributed by atoms with E-state index in [1.54, 1.807) is 12.1 Å². The number of amides is 1. The number of hydrazone groups is 1. The normalized spacial score (nSPS) is 11.4. The SMILES string of the molecule is C/C(=N\NC(=O)c1cc(-c2ccc(-c3ccccc3)cc2)nc2ccccc12)c1ccc(Cl)cc1. The largest absolute Gasteiger partial charge is 0.272 e. The van der Waals surface area contributed by atoms with E-state index in [1.807, 2.05) is 79.7 Å². The lowest BCUT2D eigenvalue weighted by Crippen LogP contribution is -2.20. The van der Waals surface area contributed by atoms with Gasteiger partial charge in [0.05, 0.1) is 22.5 Å². The lowest BCUT2D eigenvalue weighted by Gasteiger charge is -2.10. The molecule has 170 valence electrons. The van der Waals surface area contributed by atoms with Gasteiger partial charge >= 0.3 is 0 Å². The van der Waals surface area contributed by atoms with Gasteiger partial charge in [-0.15, -0.1) is 0 Å². The van der Waals surface area contributed by atoms with E-state index in [9.17, 15) is 4.79 Å². The number of nitrogens with zero attached hydrogens (tertiary/aromatic N) is 2. The van der Waals surface area contributed by atoms with Crippen molar-refractivity contribution < 1.29 is 4.79 Å². The second-order valence-electron chi connectivity index (χ2n) is 8.16. The van der Waals surface area contributed by atoms with Crippen LogP contribution < -0.4 is 5.43 Å². The van der Waals surface area contributed by atoms with Crippen LogP contribution >= 0.6 is 11.6 Å². The van der Waals surface area contributed by atoms with Crippen molar-refractivity contribution in [3.05, 3.63) is 125 Å². The maximum atomic E-state index is 13.2. The van der Waals surface area contributed by atoms with E-state index >= 15 is 0 Å². The van der Waals surface area contributed by atoms with Crippen LogP contribution in [-0.2, 0) is 0 Å². The van der Waals surface area contributed by atoms with Crippen LogP contribution in [0.4, 0.5) is 0 Å². The van der Waals surface area contributed by atoms with Crippen molar-refractivity contribution in [1.82, 2.24) is 10.4 Å². The van der Waals surface area contributed by atoms with E-state index in [4.69, 9.17) is 16.6 Å². The number of benzene rings is 4. The third-order valence-electron chi connectivity index (χ3n) is 5.84. The van der Waals surface area contributed by atoms with E-state index in [1.165, 1.54) is 0 Å². The van der Waals surface area contributed by atoms with Gasteiger partial charge in [-0.3, -0.25) is 4.79 Å². The first kappa shape index (κ1) is 22.5. The van der Waals surface area contributed by atoms with Crippen molar-refractivity contribution in [3.8, 4) is 22.4 Å². The Morgan fingerprint density at radius 3 is 2.14 bits per heavy atom. The Morgan fingerprint density at radius 2 is 1.40 bits per heavy atom. The summed E-state index contributed by atoms with van der Waals surface area (Å²) >= 11 is 5.97. The fourth-order valence-electron chi connectivity index (χ4n) is 3.93. The maximum Gasteiger partial charge on any atom is 0.272 e. The van der Waals surface area contributed by atoms with Gasteiger partial charge in [-0.1, -0.05) is 96.5 Å². The molecule has 1 aromatic heterocycles. The standard InChI is InChI=1S/C30H22ClN3O/c1-20(21-15-17-25(31)18-16-21)33-34-30(35)27-19-29(32-28-10-6-5-9-26(27)28)24-13-11-23(12-14-24)22-7-3-2-4-8-22/h2-19H,1H3,(H,34,35)/b33-20+. The Morgan fingerprint density at radius 1 is 0.771 bits per heavy atom. The summed E-state index contributed by atoms with van der Waals surface area (Å²) in [5, 5.41) is 5.73. The molecular weight excluding hydrogens is 454 g/mol. The average molecular weight is 476 g/mol. The lowest BCUT2D eigenvalue weighted by molar-refractivity contribution is 0.0956. The summed E-state index contributed by atoms with van der Waals surface area (Å²) in [5.74, 6) is -0.293. The fraction of sp³-hybridized carbons (Fsp3) is 0.0333. The van der Waals surface area contributed by atoms with Gasteiger partial charge in [0.15, 0.2) is 0 Å². The highest BCUT2D eigenvalue weighted by atomic mass is 35.5. The van der Waals surface area contributed by atoms with Crippen LogP contribution in [0.25, 0.3) is 33.3 Å². The van der Waals surface area contributed by atoms with Crippen molar-refractivity contribution in [2.75, 3.05) is 0 Å². The second-order valence-corrected chi connectivity index (χ2v) is 8.60. The number of para-hydroxylation sites is 1.